The van der Waals surface area contributed by atoms with E-state index in [9.17, 15) is 18.0 Å². The summed E-state index contributed by atoms with van der Waals surface area (Å²) in [5.74, 6) is 1.25. The highest BCUT2D eigenvalue weighted by Gasteiger charge is 2.51. The van der Waals surface area contributed by atoms with Gasteiger partial charge in [0.2, 0.25) is 12.7 Å². The third-order valence-electron chi connectivity index (χ3n) is 6.05. The molecule has 0 bridgehead atoms. The number of rotatable bonds is 5. The predicted molar refractivity (Wildman–Crippen MR) is 116 cm³/mol. The lowest BCUT2D eigenvalue weighted by molar-refractivity contribution is -0.137. The number of para-hydroxylation sites is 1. The van der Waals surface area contributed by atoms with Crippen molar-refractivity contribution in [2.45, 2.75) is 24.4 Å². The van der Waals surface area contributed by atoms with Crippen LogP contribution in [0.5, 0.6) is 17.2 Å². The van der Waals surface area contributed by atoms with Gasteiger partial charge in [-0.3, -0.25) is 4.79 Å². The zero-order valence-corrected chi connectivity index (χ0v) is 17.7. The molecule has 5 rings (SSSR count). The minimum absolute atomic E-state index is 0.0720. The van der Waals surface area contributed by atoms with Crippen molar-refractivity contribution in [3.8, 4) is 28.4 Å². The molecule has 2 aliphatic rings. The number of hydrogen-bond acceptors (Lipinski definition) is 4. The second-order valence-electron chi connectivity index (χ2n) is 8.10. The van der Waals surface area contributed by atoms with E-state index in [2.05, 4.69) is 5.32 Å². The molecule has 5 nitrogen and oxygen atoms in total. The monoisotopic (exact) mass is 455 g/mol. The number of alkyl halides is 3. The fourth-order valence-electron chi connectivity index (χ4n) is 4.12. The molecule has 1 N–H and O–H groups in total. The molecule has 0 radical (unpaired) electrons. The minimum Gasteiger partial charge on any atom is -0.496 e. The molecule has 0 saturated heterocycles. The van der Waals surface area contributed by atoms with Gasteiger partial charge in [0.25, 0.3) is 0 Å². The standard InChI is InChI=1S/C25H20F3NO4/c1-31-20-5-3-2-4-19(20)15-10-17(25(26,27)28)12-18(11-15)29-23(30)24(8-9-24)16-6-7-21-22(13-16)33-14-32-21/h2-7,10-13H,8-9,14H2,1H3,(H,29,30). The molecule has 1 saturated carbocycles. The van der Waals surface area contributed by atoms with E-state index >= 15 is 0 Å². The smallest absolute Gasteiger partial charge is 0.416 e. The number of methoxy groups -OCH3 is 1. The molecule has 0 aromatic heterocycles. The molecule has 3 aromatic carbocycles. The van der Waals surface area contributed by atoms with Gasteiger partial charge in [-0.15, -0.1) is 0 Å². The fourth-order valence-corrected chi connectivity index (χ4v) is 4.12. The minimum atomic E-state index is -4.58. The topological polar surface area (TPSA) is 56.8 Å². The van der Waals surface area contributed by atoms with Crippen molar-refractivity contribution >= 4 is 11.6 Å². The van der Waals surface area contributed by atoms with Crippen LogP contribution in [0.15, 0.2) is 60.7 Å². The molecule has 1 fully saturated rings. The SMILES string of the molecule is COc1ccccc1-c1cc(NC(=O)C2(c3ccc4c(c3)OCO4)CC2)cc(C(F)(F)F)c1. The zero-order chi connectivity index (χ0) is 23.2. The average Bonchev–Trinajstić information content (AvgIpc) is 3.49. The number of nitrogens with one attached hydrogen (secondary N) is 1. The molecule has 1 heterocycles. The highest BCUT2D eigenvalue weighted by atomic mass is 19.4. The second-order valence-corrected chi connectivity index (χ2v) is 8.10. The first-order chi connectivity index (χ1) is 15.8. The summed E-state index contributed by atoms with van der Waals surface area (Å²) in [6.45, 7) is 0.119. The van der Waals surface area contributed by atoms with E-state index in [1.807, 2.05) is 0 Å². The quantitative estimate of drug-likeness (QED) is 0.530. The van der Waals surface area contributed by atoms with Gasteiger partial charge in [0.15, 0.2) is 11.5 Å². The summed E-state index contributed by atoms with van der Waals surface area (Å²) in [5.41, 5.74) is -0.0399. The van der Waals surface area contributed by atoms with Gasteiger partial charge in [-0.05, 0) is 60.4 Å². The molecular weight excluding hydrogens is 435 g/mol. The van der Waals surface area contributed by atoms with E-state index in [0.29, 0.717) is 41.2 Å². The van der Waals surface area contributed by atoms with Crippen molar-refractivity contribution in [3.63, 3.8) is 0 Å². The Kier molecular flexibility index (Phi) is 4.96. The lowest BCUT2D eigenvalue weighted by Crippen LogP contribution is -2.28. The highest BCUT2D eigenvalue weighted by Crippen LogP contribution is 2.51. The van der Waals surface area contributed by atoms with Crippen LogP contribution in [0.2, 0.25) is 0 Å². The van der Waals surface area contributed by atoms with Crippen molar-refractivity contribution in [1.29, 1.82) is 0 Å². The summed E-state index contributed by atoms with van der Waals surface area (Å²) in [5, 5.41) is 2.72. The first-order valence-corrected chi connectivity index (χ1v) is 10.4. The molecule has 33 heavy (non-hydrogen) atoms. The van der Waals surface area contributed by atoms with Crippen LogP contribution < -0.4 is 19.5 Å². The molecule has 8 heteroatoms. The van der Waals surface area contributed by atoms with Gasteiger partial charge < -0.3 is 19.5 Å². The van der Waals surface area contributed by atoms with Crippen LogP contribution in [0, 0.1) is 0 Å². The van der Waals surface area contributed by atoms with Crippen LogP contribution in [-0.2, 0) is 16.4 Å². The number of carbonyl (C=O) groups is 1. The Morgan fingerprint density at radius 3 is 2.48 bits per heavy atom. The number of carbonyl (C=O) groups excluding carboxylic acids is 1. The van der Waals surface area contributed by atoms with Crippen LogP contribution >= 0.6 is 0 Å². The first kappa shape index (κ1) is 21.2. The fraction of sp³-hybridized carbons (Fsp3) is 0.240. The van der Waals surface area contributed by atoms with Crippen LogP contribution in [0.1, 0.15) is 24.0 Å². The predicted octanol–water partition coefficient (Wildman–Crippen LogP) is 5.78. The van der Waals surface area contributed by atoms with E-state index < -0.39 is 17.2 Å². The Hall–Kier alpha value is -3.68. The Labute approximate surface area is 188 Å². The summed E-state index contributed by atoms with van der Waals surface area (Å²) in [7, 11) is 1.46. The van der Waals surface area contributed by atoms with E-state index in [1.54, 1.807) is 42.5 Å². The second kappa shape index (κ2) is 7.72. The first-order valence-electron chi connectivity index (χ1n) is 10.4. The van der Waals surface area contributed by atoms with E-state index in [0.717, 1.165) is 17.7 Å². The molecule has 0 unspecified atom stereocenters. The van der Waals surface area contributed by atoms with Gasteiger partial charge in [-0.2, -0.15) is 13.2 Å². The van der Waals surface area contributed by atoms with Crippen LogP contribution in [0.25, 0.3) is 11.1 Å². The van der Waals surface area contributed by atoms with Crippen molar-refractivity contribution in [3.05, 3.63) is 71.8 Å². The van der Waals surface area contributed by atoms with E-state index in [1.165, 1.54) is 13.2 Å². The molecule has 1 amide bonds. The Balaban J connectivity index is 1.49. The van der Waals surface area contributed by atoms with Gasteiger partial charge in [0, 0.05) is 11.3 Å². The van der Waals surface area contributed by atoms with Crippen molar-refractivity contribution in [2.75, 3.05) is 19.2 Å². The number of hydrogen-bond donors (Lipinski definition) is 1. The highest BCUT2D eigenvalue weighted by molar-refractivity contribution is 6.02. The molecule has 170 valence electrons. The van der Waals surface area contributed by atoms with Crippen LogP contribution in [0.3, 0.4) is 0 Å². The molecule has 3 aromatic rings. The van der Waals surface area contributed by atoms with Crippen molar-refractivity contribution < 1.29 is 32.2 Å². The summed E-state index contributed by atoms with van der Waals surface area (Å²) < 4.78 is 57.0. The Morgan fingerprint density at radius 2 is 1.76 bits per heavy atom. The Morgan fingerprint density at radius 1 is 1.00 bits per heavy atom. The zero-order valence-electron chi connectivity index (χ0n) is 17.7. The summed E-state index contributed by atoms with van der Waals surface area (Å²) >= 11 is 0. The molecule has 0 atom stereocenters. The number of anilines is 1. The van der Waals surface area contributed by atoms with Crippen LogP contribution in [0.4, 0.5) is 18.9 Å². The normalized spacial score (nSPS) is 15.8. The Bertz CT molecular complexity index is 1230. The number of fused-ring (bicyclic) bond motifs is 1. The molecule has 1 aliphatic heterocycles. The maximum atomic E-state index is 13.7. The summed E-state index contributed by atoms with van der Waals surface area (Å²) in [6, 6.07) is 15.6. The lowest BCUT2D eigenvalue weighted by Gasteiger charge is -2.18. The van der Waals surface area contributed by atoms with Gasteiger partial charge in [0.1, 0.15) is 5.75 Å². The van der Waals surface area contributed by atoms with Crippen molar-refractivity contribution in [2.24, 2.45) is 0 Å². The van der Waals surface area contributed by atoms with Gasteiger partial charge in [-0.25, -0.2) is 0 Å². The maximum Gasteiger partial charge on any atom is 0.416 e. The number of ether oxygens (including phenoxy) is 3. The number of amides is 1. The average molecular weight is 455 g/mol. The maximum absolute atomic E-state index is 13.7. The van der Waals surface area contributed by atoms with Gasteiger partial charge in [-0.1, -0.05) is 24.3 Å². The summed E-state index contributed by atoms with van der Waals surface area (Å²) in [6.07, 6.45) is -3.39. The number of benzene rings is 3. The number of halogens is 3. The van der Waals surface area contributed by atoms with Gasteiger partial charge in [0.05, 0.1) is 18.1 Å². The molecule has 0 spiro atoms. The summed E-state index contributed by atoms with van der Waals surface area (Å²) in [4.78, 5) is 13.2. The van der Waals surface area contributed by atoms with Crippen molar-refractivity contribution in [1.82, 2.24) is 0 Å². The third-order valence-corrected chi connectivity index (χ3v) is 6.05. The molecular formula is C25H20F3NO4. The largest absolute Gasteiger partial charge is 0.496 e. The van der Waals surface area contributed by atoms with Gasteiger partial charge >= 0.3 is 6.18 Å². The lowest BCUT2D eigenvalue weighted by atomic mass is 9.94. The molecule has 1 aliphatic carbocycles. The van der Waals surface area contributed by atoms with E-state index in [4.69, 9.17) is 14.2 Å². The third kappa shape index (κ3) is 3.86. The van der Waals surface area contributed by atoms with Crippen LogP contribution in [-0.4, -0.2) is 19.8 Å². The van der Waals surface area contributed by atoms with E-state index in [-0.39, 0.29) is 18.4 Å².